The van der Waals surface area contributed by atoms with Gasteiger partial charge in [-0.3, -0.25) is 0 Å². The van der Waals surface area contributed by atoms with Gasteiger partial charge in [0.25, 0.3) is 0 Å². The zero-order valence-corrected chi connectivity index (χ0v) is 14.9. The van der Waals surface area contributed by atoms with E-state index in [1.807, 2.05) is 18.2 Å². The quantitative estimate of drug-likeness (QED) is 0.772. The lowest BCUT2D eigenvalue weighted by Gasteiger charge is -2.04. The van der Waals surface area contributed by atoms with Crippen LogP contribution in [-0.4, -0.2) is 11.5 Å². The fraction of sp³-hybridized carbons (Fsp3) is 0.438. The summed E-state index contributed by atoms with van der Waals surface area (Å²) < 4.78 is 0. The summed E-state index contributed by atoms with van der Waals surface area (Å²) in [5, 5.41) is 5.71. The summed E-state index contributed by atoms with van der Waals surface area (Å²) in [4.78, 5) is 6.15. The van der Waals surface area contributed by atoms with Crippen LogP contribution in [0.1, 0.15) is 47.8 Å². The molecule has 1 aromatic carbocycles. The zero-order valence-electron chi connectivity index (χ0n) is 12.5. The summed E-state index contributed by atoms with van der Waals surface area (Å²) >= 11 is 13.8. The molecule has 21 heavy (non-hydrogen) atoms. The Morgan fingerprint density at radius 3 is 2.62 bits per heavy atom. The third kappa shape index (κ3) is 4.43. The first-order valence-corrected chi connectivity index (χ1v) is 8.71. The van der Waals surface area contributed by atoms with Crippen LogP contribution in [0.4, 0.5) is 0 Å². The molecular formula is C16H20Cl2N2S. The van der Waals surface area contributed by atoms with Gasteiger partial charge in [0.05, 0.1) is 20.7 Å². The zero-order chi connectivity index (χ0) is 15.4. The number of rotatable bonds is 6. The van der Waals surface area contributed by atoms with Crippen molar-refractivity contribution in [3.05, 3.63) is 49.4 Å². The molecule has 0 aliphatic heterocycles. The SMILES string of the molecule is CCNCc1sc(Cc2ccc(Cl)c(Cl)c2)nc1C(C)C. The predicted octanol–water partition coefficient (Wildman–Crippen LogP) is 5.27. The maximum absolute atomic E-state index is 6.08. The summed E-state index contributed by atoms with van der Waals surface area (Å²) in [6, 6.07) is 5.77. The first-order chi connectivity index (χ1) is 10.0. The molecular weight excluding hydrogens is 323 g/mol. The van der Waals surface area contributed by atoms with E-state index in [1.54, 1.807) is 11.3 Å². The average Bonchev–Trinajstić information content (AvgIpc) is 2.84. The van der Waals surface area contributed by atoms with Gasteiger partial charge in [-0.05, 0) is 30.2 Å². The molecule has 2 nitrogen and oxygen atoms in total. The highest BCUT2D eigenvalue weighted by molar-refractivity contribution is 7.11. The van der Waals surface area contributed by atoms with Crippen LogP contribution in [0, 0.1) is 0 Å². The Hall–Kier alpha value is -0.610. The summed E-state index contributed by atoms with van der Waals surface area (Å²) in [5.74, 6) is 0.442. The van der Waals surface area contributed by atoms with Crippen LogP contribution in [0.25, 0.3) is 0 Å². The lowest BCUT2D eigenvalue weighted by Crippen LogP contribution is -2.12. The maximum Gasteiger partial charge on any atom is 0.0975 e. The molecule has 0 spiro atoms. The molecule has 0 saturated heterocycles. The van der Waals surface area contributed by atoms with E-state index < -0.39 is 0 Å². The summed E-state index contributed by atoms with van der Waals surface area (Å²) in [5.41, 5.74) is 2.35. The second-order valence-corrected chi connectivity index (χ2v) is 7.26. The number of halogens is 2. The van der Waals surface area contributed by atoms with Crippen LogP contribution in [0.5, 0.6) is 0 Å². The van der Waals surface area contributed by atoms with E-state index in [-0.39, 0.29) is 0 Å². The number of nitrogens with zero attached hydrogens (tertiary/aromatic N) is 1. The molecule has 0 bridgehead atoms. The molecule has 0 radical (unpaired) electrons. The van der Waals surface area contributed by atoms with Crippen molar-refractivity contribution in [2.75, 3.05) is 6.54 Å². The van der Waals surface area contributed by atoms with Crippen LogP contribution in [0.2, 0.25) is 10.0 Å². The highest BCUT2D eigenvalue weighted by Crippen LogP contribution is 2.28. The first-order valence-electron chi connectivity index (χ1n) is 7.14. The molecule has 2 aromatic rings. The fourth-order valence-electron chi connectivity index (χ4n) is 2.13. The third-order valence-electron chi connectivity index (χ3n) is 3.19. The van der Waals surface area contributed by atoms with Crippen molar-refractivity contribution in [2.45, 2.75) is 39.7 Å². The second-order valence-electron chi connectivity index (χ2n) is 5.28. The van der Waals surface area contributed by atoms with Gasteiger partial charge in [0.2, 0.25) is 0 Å². The Morgan fingerprint density at radius 1 is 1.24 bits per heavy atom. The van der Waals surface area contributed by atoms with Crippen molar-refractivity contribution < 1.29 is 0 Å². The number of benzene rings is 1. The van der Waals surface area contributed by atoms with Crippen molar-refractivity contribution in [1.82, 2.24) is 10.3 Å². The minimum atomic E-state index is 0.442. The van der Waals surface area contributed by atoms with Gasteiger partial charge in [0, 0.05) is 17.8 Å². The molecule has 1 heterocycles. The molecule has 0 aliphatic rings. The number of nitrogens with one attached hydrogen (secondary N) is 1. The number of hydrogen-bond acceptors (Lipinski definition) is 3. The van der Waals surface area contributed by atoms with Gasteiger partial charge < -0.3 is 5.32 Å². The van der Waals surface area contributed by atoms with Crippen molar-refractivity contribution in [3.8, 4) is 0 Å². The smallest absolute Gasteiger partial charge is 0.0975 e. The fourth-order valence-corrected chi connectivity index (χ4v) is 3.68. The van der Waals surface area contributed by atoms with E-state index >= 15 is 0 Å². The summed E-state index contributed by atoms with van der Waals surface area (Å²) in [6.07, 6.45) is 0.799. The van der Waals surface area contributed by atoms with Gasteiger partial charge in [-0.25, -0.2) is 4.98 Å². The normalized spacial score (nSPS) is 11.3. The minimum absolute atomic E-state index is 0.442. The third-order valence-corrected chi connectivity index (χ3v) is 5.00. The highest BCUT2D eigenvalue weighted by atomic mass is 35.5. The molecule has 0 aliphatic carbocycles. The Labute approximate surface area is 140 Å². The van der Waals surface area contributed by atoms with E-state index in [1.165, 1.54) is 10.6 Å². The molecule has 1 aromatic heterocycles. The predicted molar refractivity (Wildman–Crippen MR) is 92.9 cm³/mol. The minimum Gasteiger partial charge on any atom is -0.312 e. The van der Waals surface area contributed by atoms with E-state index in [2.05, 4.69) is 26.1 Å². The van der Waals surface area contributed by atoms with Gasteiger partial charge in [0.15, 0.2) is 0 Å². The Bertz CT molecular complexity index is 608. The monoisotopic (exact) mass is 342 g/mol. The molecule has 5 heteroatoms. The van der Waals surface area contributed by atoms with Gasteiger partial charge in [0.1, 0.15) is 0 Å². The topological polar surface area (TPSA) is 24.9 Å². The maximum atomic E-state index is 6.08. The van der Waals surface area contributed by atoms with Crippen molar-refractivity contribution in [3.63, 3.8) is 0 Å². The highest BCUT2D eigenvalue weighted by Gasteiger charge is 2.14. The number of thiazole rings is 1. The molecule has 1 N–H and O–H groups in total. The lowest BCUT2D eigenvalue weighted by molar-refractivity contribution is 0.713. The Morgan fingerprint density at radius 2 is 2.00 bits per heavy atom. The van der Waals surface area contributed by atoms with Gasteiger partial charge in [-0.1, -0.05) is 50.0 Å². The van der Waals surface area contributed by atoms with Gasteiger partial charge in [-0.2, -0.15) is 0 Å². The Balaban J connectivity index is 2.21. The first kappa shape index (κ1) is 16.8. The number of hydrogen-bond donors (Lipinski definition) is 1. The lowest BCUT2D eigenvalue weighted by atomic mass is 10.1. The van der Waals surface area contributed by atoms with Crippen LogP contribution in [0.3, 0.4) is 0 Å². The van der Waals surface area contributed by atoms with E-state index in [9.17, 15) is 0 Å². The van der Waals surface area contributed by atoms with Gasteiger partial charge in [-0.15, -0.1) is 11.3 Å². The van der Waals surface area contributed by atoms with E-state index in [0.29, 0.717) is 16.0 Å². The molecule has 0 fully saturated rings. The van der Waals surface area contributed by atoms with Crippen molar-refractivity contribution in [2.24, 2.45) is 0 Å². The van der Waals surface area contributed by atoms with Crippen molar-refractivity contribution in [1.29, 1.82) is 0 Å². The van der Waals surface area contributed by atoms with Gasteiger partial charge >= 0.3 is 0 Å². The molecule has 114 valence electrons. The second kappa shape index (κ2) is 7.59. The van der Waals surface area contributed by atoms with Crippen LogP contribution >= 0.6 is 34.5 Å². The molecule has 0 atom stereocenters. The molecule has 2 rings (SSSR count). The standard InChI is InChI=1S/C16H20Cl2N2S/c1-4-19-9-14-16(10(2)3)20-15(21-14)8-11-5-6-12(17)13(18)7-11/h5-7,10,19H,4,8-9H2,1-3H3. The van der Waals surface area contributed by atoms with Crippen LogP contribution < -0.4 is 5.32 Å². The van der Waals surface area contributed by atoms with Crippen LogP contribution in [-0.2, 0) is 13.0 Å². The summed E-state index contributed by atoms with van der Waals surface area (Å²) in [7, 11) is 0. The molecule has 0 unspecified atom stereocenters. The Kier molecular flexibility index (Phi) is 6.06. The van der Waals surface area contributed by atoms with E-state index in [0.717, 1.165) is 30.1 Å². The number of aromatic nitrogens is 1. The van der Waals surface area contributed by atoms with Crippen LogP contribution in [0.15, 0.2) is 18.2 Å². The largest absolute Gasteiger partial charge is 0.312 e. The van der Waals surface area contributed by atoms with Crippen molar-refractivity contribution >= 4 is 34.5 Å². The summed E-state index contributed by atoms with van der Waals surface area (Å²) in [6.45, 7) is 8.36. The molecule has 0 saturated carbocycles. The molecule has 0 amide bonds. The van der Waals surface area contributed by atoms with E-state index in [4.69, 9.17) is 28.2 Å². The average molecular weight is 343 g/mol.